The summed E-state index contributed by atoms with van der Waals surface area (Å²) >= 11 is 0. The van der Waals surface area contributed by atoms with Crippen LogP contribution in [-0.4, -0.2) is 97.1 Å². The Hall–Kier alpha value is -6.25. The summed E-state index contributed by atoms with van der Waals surface area (Å²) in [6, 6.07) is 16.6. The number of methoxy groups -OCH3 is 2. The molecule has 5 heterocycles. The normalized spacial score (nSPS) is 20.1. The van der Waals surface area contributed by atoms with Gasteiger partial charge in [-0.2, -0.15) is 0 Å². The maximum absolute atomic E-state index is 13.8. The number of benzene rings is 2. The lowest BCUT2D eigenvalue weighted by Gasteiger charge is -2.32. The van der Waals surface area contributed by atoms with Crippen molar-refractivity contribution in [2.45, 2.75) is 103 Å². The first kappa shape index (κ1) is 41.9. The van der Waals surface area contributed by atoms with Gasteiger partial charge in [0.1, 0.15) is 29.2 Å². The van der Waals surface area contributed by atoms with E-state index in [1.165, 1.54) is 14.2 Å². The summed E-state index contributed by atoms with van der Waals surface area (Å²) < 4.78 is 9.58. The molecule has 2 aliphatic rings. The first-order valence-corrected chi connectivity index (χ1v) is 20.7. The number of amides is 4. The molecule has 2 fully saturated rings. The summed E-state index contributed by atoms with van der Waals surface area (Å²) in [5.41, 5.74) is 7.11. The number of likely N-dealkylation sites (tertiary alicyclic amines) is 2. The minimum absolute atomic E-state index is 0.00164. The molecule has 6 atom stereocenters. The number of ether oxygens (including phenoxy) is 2. The van der Waals surface area contributed by atoms with Crippen molar-refractivity contribution in [1.82, 2.24) is 45.4 Å². The summed E-state index contributed by atoms with van der Waals surface area (Å²) in [4.78, 5) is 76.6. The van der Waals surface area contributed by atoms with Gasteiger partial charge in [0.15, 0.2) is 5.65 Å². The molecule has 4 amide bonds. The number of aromatic nitrogens is 5. The Labute approximate surface area is 350 Å². The number of nitrogens with one attached hydrogen (secondary N) is 4. The summed E-state index contributed by atoms with van der Waals surface area (Å²) in [7, 11) is 2.58. The van der Waals surface area contributed by atoms with E-state index in [-0.39, 0.29) is 47.8 Å². The van der Waals surface area contributed by atoms with Gasteiger partial charge in [-0.25, -0.2) is 24.5 Å². The number of aromatic amines is 2. The molecule has 2 aliphatic heterocycles. The summed E-state index contributed by atoms with van der Waals surface area (Å²) in [5, 5.41) is 5.43. The highest BCUT2D eigenvalue weighted by Gasteiger charge is 2.42. The number of carbonyl (C=O) groups is 4. The number of nitrogens with zero attached hydrogens (tertiary/aromatic N) is 5. The summed E-state index contributed by atoms with van der Waals surface area (Å²) in [5.74, 6) is 0.840. The minimum atomic E-state index is -0.722. The third-order valence-corrected chi connectivity index (χ3v) is 11.9. The monoisotopic (exact) mass is 817 g/mol. The highest BCUT2D eigenvalue weighted by atomic mass is 16.5. The molecule has 4 N–H and O–H groups in total. The van der Waals surface area contributed by atoms with Gasteiger partial charge in [-0.1, -0.05) is 76.2 Å². The van der Waals surface area contributed by atoms with Crippen LogP contribution < -0.4 is 10.6 Å². The third kappa shape index (κ3) is 8.43. The van der Waals surface area contributed by atoms with Crippen LogP contribution in [0, 0.1) is 11.8 Å². The van der Waals surface area contributed by atoms with Crippen molar-refractivity contribution in [3.05, 3.63) is 78.6 Å². The highest BCUT2D eigenvalue weighted by molar-refractivity contribution is 5.88. The van der Waals surface area contributed by atoms with Gasteiger partial charge >= 0.3 is 12.2 Å². The molecular formula is C45H55N9O6. The van der Waals surface area contributed by atoms with Crippen molar-refractivity contribution >= 4 is 35.2 Å². The average molecular weight is 818 g/mol. The van der Waals surface area contributed by atoms with Gasteiger partial charge in [-0.3, -0.25) is 9.59 Å². The molecule has 15 nitrogen and oxygen atoms in total. The van der Waals surface area contributed by atoms with Crippen molar-refractivity contribution in [3.8, 4) is 33.5 Å². The van der Waals surface area contributed by atoms with Crippen LogP contribution in [0.2, 0.25) is 0 Å². The first-order chi connectivity index (χ1) is 28.8. The standard InChI is InChI=1S/C45H55N9O6/c1-24(2)37(50-44(57)59-7)42(55)53-26(5)9-19-35(53)40-47-23-34(49-40)31-17-15-29(16-18-31)28-11-13-30(14-12-28)32-21-33-39(46-22-32)52-41(48-33)36-20-10-27(6)54(36)43(56)38(25(3)4)51-45(58)60-8/h11-18,21-27,35-38H,9-10,19-20H2,1-8H3,(H,47,49)(H,50,57)(H,51,58)(H,46,48,52)/t26-,27-,35?,36?,37-,38?/m0/s1. The van der Waals surface area contributed by atoms with E-state index >= 15 is 0 Å². The number of rotatable bonds is 11. The fraction of sp³-hybridized carbons (Fsp3) is 0.444. The fourth-order valence-electron chi connectivity index (χ4n) is 8.54. The molecule has 0 saturated carbocycles. The van der Waals surface area contributed by atoms with E-state index in [0.717, 1.165) is 65.0 Å². The van der Waals surface area contributed by atoms with Crippen LogP contribution in [0.1, 0.15) is 91.0 Å². The molecule has 2 aromatic carbocycles. The number of alkyl carbamates (subject to hydrolysis) is 2. The number of pyridine rings is 1. The predicted octanol–water partition coefficient (Wildman–Crippen LogP) is 7.55. The van der Waals surface area contributed by atoms with E-state index in [1.54, 1.807) is 0 Å². The van der Waals surface area contributed by atoms with Crippen molar-refractivity contribution in [3.63, 3.8) is 0 Å². The number of hydrogen-bond donors (Lipinski definition) is 4. The highest BCUT2D eigenvalue weighted by Crippen LogP contribution is 2.38. The quantitative estimate of drug-likeness (QED) is 0.104. The maximum Gasteiger partial charge on any atom is 0.407 e. The van der Waals surface area contributed by atoms with E-state index in [1.807, 2.05) is 81.9 Å². The molecule has 5 aromatic rings. The molecule has 316 valence electrons. The Balaban J connectivity index is 1.03. The number of fused-ring (bicyclic) bond motifs is 1. The van der Waals surface area contributed by atoms with Crippen LogP contribution in [0.15, 0.2) is 67.0 Å². The molecule has 3 unspecified atom stereocenters. The minimum Gasteiger partial charge on any atom is -0.453 e. The van der Waals surface area contributed by atoms with E-state index in [9.17, 15) is 19.2 Å². The zero-order chi connectivity index (χ0) is 42.8. The van der Waals surface area contributed by atoms with Crippen molar-refractivity contribution in [2.24, 2.45) is 11.8 Å². The molecule has 15 heteroatoms. The second kappa shape index (κ2) is 17.5. The lowest BCUT2D eigenvalue weighted by atomic mass is 10.00. The number of imidazole rings is 2. The second-order valence-electron chi connectivity index (χ2n) is 16.6. The van der Waals surface area contributed by atoms with Gasteiger partial charge in [0.05, 0.1) is 32.0 Å². The van der Waals surface area contributed by atoms with Gasteiger partial charge in [0.25, 0.3) is 0 Å². The van der Waals surface area contributed by atoms with Crippen LogP contribution >= 0.6 is 0 Å². The topological polar surface area (TPSA) is 188 Å². The van der Waals surface area contributed by atoms with E-state index in [4.69, 9.17) is 24.4 Å². The van der Waals surface area contributed by atoms with Crippen molar-refractivity contribution in [1.29, 1.82) is 0 Å². The Morgan fingerprint density at radius 2 is 1.13 bits per heavy atom. The van der Waals surface area contributed by atoms with E-state index in [0.29, 0.717) is 17.0 Å². The lowest BCUT2D eigenvalue weighted by Crippen LogP contribution is -2.52. The number of carbonyl (C=O) groups excluding carboxylic acids is 4. The SMILES string of the molecule is COC(=O)NC(C(=O)N1C(c2nc3cc(-c4ccc(-c5ccc(-c6c[nH]c(C7CC[C@H](C)N7C(=O)[C@@H](NC(=O)OC)C(C)C)n6)cc5)cc4)cnc3[nH]2)CC[C@@H]1C)C(C)C. The first-order valence-electron chi connectivity index (χ1n) is 20.7. The largest absolute Gasteiger partial charge is 0.453 e. The molecule has 0 radical (unpaired) electrons. The summed E-state index contributed by atoms with van der Waals surface area (Å²) in [6.45, 7) is 11.7. The average Bonchev–Trinajstić information content (AvgIpc) is 4.06. The second-order valence-corrected chi connectivity index (χ2v) is 16.6. The van der Waals surface area contributed by atoms with Gasteiger partial charge < -0.3 is 39.9 Å². The van der Waals surface area contributed by atoms with Gasteiger partial charge in [0.2, 0.25) is 11.8 Å². The van der Waals surface area contributed by atoms with Crippen LogP contribution in [-0.2, 0) is 19.1 Å². The lowest BCUT2D eigenvalue weighted by molar-refractivity contribution is -0.138. The molecule has 3 aromatic heterocycles. The third-order valence-electron chi connectivity index (χ3n) is 11.9. The molecule has 7 rings (SSSR count). The van der Waals surface area contributed by atoms with Gasteiger partial charge in [-0.05, 0) is 74.1 Å². The van der Waals surface area contributed by atoms with E-state index in [2.05, 4.69) is 57.0 Å². The molecule has 0 spiro atoms. The van der Waals surface area contributed by atoms with Crippen molar-refractivity contribution in [2.75, 3.05) is 14.2 Å². The molecule has 2 saturated heterocycles. The Bertz CT molecular complexity index is 2340. The zero-order valence-corrected chi connectivity index (χ0v) is 35.5. The molecule has 0 bridgehead atoms. The van der Waals surface area contributed by atoms with Crippen LogP contribution in [0.3, 0.4) is 0 Å². The zero-order valence-electron chi connectivity index (χ0n) is 35.5. The summed E-state index contributed by atoms with van der Waals surface area (Å²) in [6.07, 6.45) is 5.59. The molecule has 60 heavy (non-hydrogen) atoms. The number of hydrogen-bond acceptors (Lipinski definition) is 9. The number of H-pyrrole nitrogens is 2. The maximum atomic E-state index is 13.8. The fourth-order valence-corrected chi connectivity index (χ4v) is 8.54. The van der Waals surface area contributed by atoms with Gasteiger partial charge in [-0.15, -0.1) is 0 Å². The van der Waals surface area contributed by atoms with E-state index < -0.39 is 24.3 Å². The van der Waals surface area contributed by atoms with Crippen LogP contribution in [0.25, 0.3) is 44.7 Å². The molecule has 0 aliphatic carbocycles. The Morgan fingerprint density at radius 1 is 0.667 bits per heavy atom. The van der Waals surface area contributed by atoms with Crippen LogP contribution in [0.4, 0.5) is 9.59 Å². The molecular weight excluding hydrogens is 763 g/mol. The van der Waals surface area contributed by atoms with Crippen LogP contribution in [0.5, 0.6) is 0 Å². The van der Waals surface area contributed by atoms with Gasteiger partial charge in [0, 0.05) is 35.6 Å². The Morgan fingerprint density at radius 3 is 1.62 bits per heavy atom. The van der Waals surface area contributed by atoms with Crippen molar-refractivity contribution < 1.29 is 28.7 Å². The smallest absolute Gasteiger partial charge is 0.407 e. The Kier molecular flexibility index (Phi) is 12.2. The predicted molar refractivity (Wildman–Crippen MR) is 227 cm³/mol.